The Bertz CT molecular complexity index is 706. The summed E-state index contributed by atoms with van der Waals surface area (Å²) in [6, 6.07) is 5.71. The molecule has 0 radical (unpaired) electrons. The Morgan fingerprint density at radius 2 is 2.13 bits per heavy atom. The molecule has 0 aliphatic rings. The zero-order valence-corrected chi connectivity index (χ0v) is 13.6. The molecule has 0 aromatic carbocycles. The largest absolute Gasteiger partial charge is 0.402 e. The van der Waals surface area contributed by atoms with Gasteiger partial charge >= 0.3 is 0 Å². The first kappa shape index (κ1) is 16.6. The number of ketones is 1. The van der Waals surface area contributed by atoms with Gasteiger partial charge in [-0.3, -0.25) is 9.78 Å². The first-order chi connectivity index (χ1) is 11.0. The maximum absolute atomic E-state index is 12.2. The van der Waals surface area contributed by atoms with Gasteiger partial charge in [0.05, 0.1) is 23.5 Å². The van der Waals surface area contributed by atoms with E-state index < -0.39 is 0 Å². The van der Waals surface area contributed by atoms with Gasteiger partial charge in [-0.2, -0.15) is 0 Å². The third kappa shape index (κ3) is 4.60. The van der Waals surface area contributed by atoms with Crippen LogP contribution in [0.15, 0.2) is 42.4 Å². The zero-order valence-electron chi connectivity index (χ0n) is 13.6. The number of rotatable bonds is 6. The van der Waals surface area contributed by atoms with E-state index >= 15 is 0 Å². The number of nitrogens with one attached hydrogen (secondary N) is 1. The van der Waals surface area contributed by atoms with E-state index in [1.165, 1.54) is 6.08 Å². The summed E-state index contributed by atoms with van der Waals surface area (Å²) in [6.07, 6.45) is 4.68. The second-order valence-electron chi connectivity index (χ2n) is 5.57. The van der Waals surface area contributed by atoms with Crippen LogP contribution < -0.4 is 11.1 Å². The number of anilines is 1. The summed E-state index contributed by atoms with van der Waals surface area (Å²) >= 11 is 0. The molecule has 0 bridgehead atoms. The highest BCUT2D eigenvalue weighted by Crippen LogP contribution is 2.19. The molecule has 0 saturated heterocycles. The topological polar surface area (TPSA) is 93.8 Å². The third-order valence-corrected chi connectivity index (χ3v) is 3.14. The van der Waals surface area contributed by atoms with E-state index in [4.69, 9.17) is 5.73 Å². The molecule has 2 aromatic rings. The molecule has 6 heteroatoms. The number of aromatic nitrogens is 3. The lowest BCUT2D eigenvalue weighted by Crippen LogP contribution is -2.12. The Labute approximate surface area is 135 Å². The highest BCUT2D eigenvalue weighted by atomic mass is 16.1. The van der Waals surface area contributed by atoms with Gasteiger partial charge in [0.25, 0.3) is 0 Å². The molecule has 0 spiro atoms. The molecule has 2 aromatic heterocycles. The van der Waals surface area contributed by atoms with Crippen LogP contribution in [0.2, 0.25) is 0 Å². The fraction of sp³-hybridized carbons (Fsp3) is 0.294. The second-order valence-corrected chi connectivity index (χ2v) is 5.57. The van der Waals surface area contributed by atoms with Crippen LogP contribution in [0.25, 0.3) is 0 Å². The summed E-state index contributed by atoms with van der Waals surface area (Å²) in [5.74, 6) is 0.396. The second kappa shape index (κ2) is 7.49. The lowest BCUT2D eigenvalue weighted by atomic mass is 10.0. The molecule has 0 unspecified atom stereocenters. The van der Waals surface area contributed by atoms with Gasteiger partial charge in [0.15, 0.2) is 5.78 Å². The van der Waals surface area contributed by atoms with Crippen LogP contribution in [0.3, 0.4) is 0 Å². The van der Waals surface area contributed by atoms with Crippen molar-refractivity contribution in [3.05, 3.63) is 59.3 Å². The first-order valence-electron chi connectivity index (χ1n) is 7.46. The number of allylic oxidation sites excluding steroid dienone is 2. The van der Waals surface area contributed by atoms with E-state index in [1.807, 2.05) is 32.0 Å². The van der Waals surface area contributed by atoms with Gasteiger partial charge < -0.3 is 11.1 Å². The molecule has 0 amide bonds. The van der Waals surface area contributed by atoms with Gasteiger partial charge in [0.2, 0.25) is 5.95 Å². The molecule has 0 aliphatic carbocycles. The molecule has 2 heterocycles. The molecule has 0 saturated carbocycles. The number of carbonyl (C=O) groups excluding carboxylic acids is 1. The van der Waals surface area contributed by atoms with Crippen LogP contribution in [0.1, 0.15) is 48.4 Å². The molecule has 0 aliphatic heterocycles. The van der Waals surface area contributed by atoms with Crippen LogP contribution in [-0.2, 0) is 6.54 Å². The van der Waals surface area contributed by atoms with Crippen LogP contribution in [0.5, 0.6) is 0 Å². The average molecular weight is 311 g/mol. The van der Waals surface area contributed by atoms with Crippen LogP contribution in [0, 0.1) is 0 Å². The maximum Gasteiger partial charge on any atom is 0.223 e. The number of carbonyl (C=O) groups is 1. The van der Waals surface area contributed by atoms with Crippen molar-refractivity contribution in [1.82, 2.24) is 15.0 Å². The average Bonchev–Trinajstić information content (AvgIpc) is 2.53. The standard InChI is InChI=1S/C17H21N5O/c1-11(2)16-14(15(23)8-12(3)18)10-21-17(22-16)20-9-13-6-4-5-7-19-13/h4-8,10-11H,9,18H2,1-3H3,(H,20,21,22). The molecule has 2 rings (SSSR count). The number of pyridine rings is 1. The fourth-order valence-electron chi connectivity index (χ4n) is 2.07. The van der Waals surface area contributed by atoms with Crippen molar-refractivity contribution in [3.63, 3.8) is 0 Å². The minimum Gasteiger partial charge on any atom is -0.402 e. The van der Waals surface area contributed by atoms with Gasteiger partial charge in [0.1, 0.15) is 0 Å². The summed E-state index contributed by atoms with van der Waals surface area (Å²) in [4.78, 5) is 25.1. The number of nitrogens with two attached hydrogens (primary N) is 1. The molecule has 3 N–H and O–H groups in total. The van der Waals surface area contributed by atoms with Gasteiger partial charge in [0, 0.05) is 24.2 Å². The Hall–Kier alpha value is -2.76. The summed E-state index contributed by atoms with van der Waals surface area (Å²) in [5, 5.41) is 3.13. The van der Waals surface area contributed by atoms with Gasteiger partial charge in [-0.25, -0.2) is 9.97 Å². The lowest BCUT2D eigenvalue weighted by molar-refractivity contribution is 0.104. The first-order valence-corrected chi connectivity index (χ1v) is 7.46. The highest BCUT2D eigenvalue weighted by Gasteiger charge is 2.15. The highest BCUT2D eigenvalue weighted by molar-refractivity contribution is 6.05. The monoisotopic (exact) mass is 311 g/mol. The Kier molecular flexibility index (Phi) is 5.41. The van der Waals surface area contributed by atoms with Gasteiger partial charge in [-0.1, -0.05) is 19.9 Å². The summed E-state index contributed by atoms with van der Waals surface area (Å²) < 4.78 is 0. The smallest absolute Gasteiger partial charge is 0.223 e. The van der Waals surface area contributed by atoms with Gasteiger partial charge in [-0.15, -0.1) is 0 Å². The molecular formula is C17H21N5O. The quantitative estimate of drug-likeness (QED) is 0.629. The van der Waals surface area contributed by atoms with E-state index in [0.29, 0.717) is 29.4 Å². The van der Waals surface area contributed by atoms with Crippen molar-refractivity contribution in [1.29, 1.82) is 0 Å². The zero-order chi connectivity index (χ0) is 16.8. The molecule has 6 nitrogen and oxygen atoms in total. The van der Waals surface area contributed by atoms with Crippen LogP contribution in [0.4, 0.5) is 5.95 Å². The van der Waals surface area contributed by atoms with Crippen LogP contribution in [-0.4, -0.2) is 20.7 Å². The minimum atomic E-state index is -0.176. The number of hydrogen-bond donors (Lipinski definition) is 2. The molecular weight excluding hydrogens is 290 g/mol. The van der Waals surface area contributed by atoms with Crippen molar-refractivity contribution in [3.8, 4) is 0 Å². The number of hydrogen-bond acceptors (Lipinski definition) is 6. The van der Waals surface area contributed by atoms with Crippen molar-refractivity contribution < 1.29 is 4.79 Å². The normalized spacial score (nSPS) is 11.6. The SMILES string of the molecule is CC(N)=CC(=O)c1cnc(NCc2ccccn2)nc1C(C)C. The summed E-state index contributed by atoms with van der Waals surface area (Å²) in [7, 11) is 0. The van der Waals surface area contributed by atoms with Crippen molar-refractivity contribution in [2.75, 3.05) is 5.32 Å². The van der Waals surface area contributed by atoms with Crippen molar-refractivity contribution in [2.45, 2.75) is 33.2 Å². The summed E-state index contributed by atoms with van der Waals surface area (Å²) in [5.41, 5.74) is 8.11. The van der Waals surface area contributed by atoms with E-state index in [9.17, 15) is 4.79 Å². The molecule has 0 atom stereocenters. The predicted octanol–water partition coefficient (Wildman–Crippen LogP) is 2.65. The number of nitrogens with zero attached hydrogens (tertiary/aromatic N) is 3. The Balaban J connectivity index is 2.22. The molecule has 120 valence electrons. The van der Waals surface area contributed by atoms with Gasteiger partial charge in [-0.05, 0) is 25.0 Å². The Morgan fingerprint density at radius 1 is 1.35 bits per heavy atom. The third-order valence-electron chi connectivity index (χ3n) is 3.14. The Morgan fingerprint density at radius 3 is 2.74 bits per heavy atom. The summed E-state index contributed by atoms with van der Waals surface area (Å²) in [6.45, 7) is 6.17. The lowest BCUT2D eigenvalue weighted by Gasteiger charge is -2.12. The van der Waals surface area contributed by atoms with Crippen molar-refractivity contribution >= 4 is 11.7 Å². The predicted molar refractivity (Wildman–Crippen MR) is 90.0 cm³/mol. The molecule has 0 fully saturated rings. The van der Waals surface area contributed by atoms with E-state index in [1.54, 1.807) is 19.3 Å². The molecule has 23 heavy (non-hydrogen) atoms. The van der Waals surface area contributed by atoms with Crippen molar-refractivity contribution in [2.24, 2.45) is 5.73 Å². The fourth-order valence-corrected chi connectivity index (χ4v) is 2.07. The van der Waals surface area contributed by atoms with E-state index in [-0.39, 0.29) is 11.7 Å². The van der Waals surface area contributed by atoms with E-state index in [0.717, 1.165) is 5.69 Å². The van der Waals surface area contributed by atoms with E-state index in [2.05, 4.69) is 20.3 Å². The minimum absolute atomic E-state index is 0.0961. The maximum atomic E-state index is 12.2. The van der Waals surface area contributed by atoms with Crippen LogP contribution >= 0.6 is 0 Å².